The number of halogens is 2. The Morgan fingerprint density at radius 1 is 1.16 bits per heavy atom. The van der Waals surface area contributed by atoms with Gasteiger partial charge in [-0.05, 0) is 18.2 Å². The predicted molar refractivity (Wildman–Crippen MR) is 106 cm³/mol. The van der Waals surface area contributed by atoms with Crippen LogP contribution >= 0.6 is 34.5 Å². The molecule has 1 amide bonds. The van der Waals surface area contributed by atoms with Gasteiger partial charge in [-0.15, -0.1) is 17.9 Å². The van der Waals surface area contributed by atoms with E-state index in [2.05, 4.69) is 11.6 Å². The number of benzene rings is 2. The van der Waals surface area contributed by atoms with Crippen molar-refractivity contribution in [1.29, 1.82) is 0 Å². The molecule has 0 aliphatic rings. The SMILES string of the molecule is C=CCN(C(=O)c1ccc(Cl)c(Cl)c1)c1nc(-c2ccccc2)cs1. The Kier molecular flexibility index (Phi) is 5.53. The van der Waals surface area contributed by atoms with Crippen LogP contribution < -0.4 is 4.90 Å². The first-order valence-electron chi connectivity index (χ1n) is 7.49. The first-order valence-corrected chi connectivity index (χ1v) is 9.12. The van der Waals surface area contributed by atoms with Crippen molar-refractivity contribution < 1.29 is 4.79 Å². The highest BCUT2D eigenvalue weighted by atomic mass is 35.5. The first kappa shape index (κ1) is 17.7. The summed E-state index contributed by atoms with van der Waals surface area (Å²) < 4.78 is 0. The maximum atomic E-state index is 12.9. The second-order valence-corrected chi connectivity index (χ2v) is 6.87. The minimum absolute atomic E-state index is 0.201. The molecule has 1 aromatic heterocycles. The molecular weight excluding hydrogens is 375 g/mol. The Morgan fingerprint density at radius 2 is 1.92 bits per heavy atom. The van der Waals surface area contributed by atoms with Crippen LogP contribution in [0.25, 0.3) is 11.3 Å². The van der Waals surface area contributed by atoms with E-state index in [1.165, 1.54) is 11.3 Å². The minimum atomic E-state index is -0.201. The molecule has 0 bridgehead atoms. The van der Waals surface area contributed by atoms with E-state index in [0.29, 0.717) is 27.3 Å². The van der Waals surface area contributed by atoms with Gasteiger partial charge in [0.15, 0.2) is 5.13 Å². The second-order valence-electron chi connectivity index (χ2n) is 5.21. The summed E-state index contributed by atoms with van der Waals surface area (Å²) in [6.07, 6.45) is 1.67. The lowest BCUT2D eigenvalue weighted by molar-refractivity contribution is 0.0989. The molecule has 0 atom stereocenters. The summed E-state index contributed by atoms with van der Waals surface area (Å²) in [7, 11) is 0. The monoisotopic (exact) mass is 388 g/mol. The second kappa shape index (κ2) is 7.83. The Labute approximate surface area is 160 Å². The van der Waals surface area contributed by atoms with E-state index in [1.807, 2.05) is 35.7 Å². The van der Waals surface area contributed by atoms with Crippen molar-refractivity contribution >= 4 is 45.6 Å². The van der Waals surface area contributed by atoms with Gasteiger partial charge in [-0.1, -0.05) is 59.6 Å². The predicted octanol–water partition coefficient (Wildman–Crippen LogP) is 5.95. The van der Waals surface area contributed by atoms with E-state index in [-0.39, 0.29) is 5.91 Å². The molecule has 0 N–H and O–H groups in total. The third-order valence-corrected chi connectivity index (χ3v) is 5.12. The molecule has 3 nitrogen and oxygen atoms in total. The highest BCUT2D eigenvalue weighted by Crippen LogP contribution is 2.29. The molecule has 126 valence electrons. The van der Waals surface area contributed by atoms with Crippen molar-refractivity contribution in [3.63, 3.8) is 0 Å². The summed E-state index contributed by atoms with van der Waals surface area (Å²) in [4.78, 5) is 19.1. The van der Waals surface area contributed by atoms with Crippen LogP contribution in [0.4, 0.5) is 5.13 Å². The van der Waals surface area contributed by atoms with Gasteiger partial charge >= 0.3 is 0 Å². The molecule has 0 saturated carbocycles. The molecule has 0 fully saturated rings. The lowest BCUT2D eigenvalue weighted by Crippen LogP contribution is -2.31. The number of hydrogen-bond acceptors (Lipinski definition) is 3. The Morgan fingerprint density at radius 3 is 2.60 bits per heavy atom. The molecule has 0 radical (unpaired) electrons. The van der Waals surface area contributed by atoms with E-state index < -0.39 is 0 Å². The Bertz CT molecular complexity index is 909. The van der Waals surface area contributed by atoms with Crippen LogP contribution in [0.5, 0.6) is 0 Å². The number of anilines is 1. The average molecular weight is 389 g/mol. The fourth-order valence-corrected chi connectivity index (χ4v) is 3.43. The van der Waals surface area contributed by atoms with Crippen LogP contribution in [0, 0.1) is 0 Å². The Balaban J connectivity index is 1.93. The van der Waals surface area contributed by atoms with Gasteiger partial charge in [0.25, 0.3) is 5.91 Å². The summed E-state index contributed by atoms with van der Waals surface area (Å²) in [5.41, 5.74) is 2.29. The van der Waals surface area contributed by atoms with Gasteiger partial charge < -0.3 is 0 Å². The maximum absolute atomic E-state index is 12.9. The van der Waals surface area contributed by atoms with E-state index in [1.54, 1.807) is 29.2 Å². The summed E-state index contributed by atoms with van der Waals surface area (Å²) >= 11 is 13.4. The molecule has 0 unspecified atom stereocenters. The van der Waals surface area contributed by atoms with Gasteiger partial charge in [0, 0.05) is 23.1 Å². The van der Waals surface area contributed by atoms with Crippen LogP contribution in [0.3, 0.4) is 0 Å². The van der Waals surface area contributed by atoms with Crippen LogP contribution in [0.1, 0.15) is 10.4 Å². The smallest absolute Gasteiger partial charge is 0.260 e. The lowest BCUT2D eigenvalue weighted by atomic mass is 10.2. The fourth-order valence-electron chi connectivity index (χ4n) is 2.29. The molecule has 3 rings (SSSR count). The molecule has 0 spiro atoms. The molecule has 2 aromatic carbocycles. The quantitative estimate of drug-likeness (QED) is 0.505. The van der Waals surface area contributed by atoms with E-state index in [0.717, 1.165) is 11.3 Å². The van der Waals surface area contributed by atoms with Crippen molar-refractivity contribution in [1.82, 2.24) is 4.98 Å². The molecule has 25 heavy (non-hydrogen) atoms. The minimum Gasteiger partial charge on any atom is -0.280 e. The zero-order valence-electron chi connectivity index (χ0n) is 13.2. The van der Waals surface area contributed by atoms with Crippen molar-refractivity contribution in [2.75, 3.05) is 11.4 Å². The largest absolute Gasteiger partial charge is 0.280 e. The van der Waals surface area contributed by atoms with E-state index in [4.69, 9.17) is 23.2 Å². The van der Waals surface area contributed by atoms with Crippen LogP contribution in [0.2, 0.25) is 10.0 Å². The van der Waals surface area contributed by atoms with Crippen LogP contribution in [0.15, 0.2) is 66.6 Å². The summed E-state index contributed by atoms with van der Waals surface area (Å²) in [6, 6.07) is 14.7. The number of hydrogen-bond donors (Lipinski definition) is 0. The molecule has 1 heterocycles. The first-order chi connectivity index (χ1) is 12.1. The van der Waals surface area contributed by atoms with Gasteiger partial charge in [0.05, 0.1) is 15.7 Å². The molecular formula is C19H14Cl2N2OS. The van der Waals surface area contributed by atoms with Crippen LogP contribution in [-0.2, 0) is 0 Å². The van der Waals surface area contributed by atoms with Gasteiger partial charge in [0.1, 0.15) is 0 Å². The zero-order chi connectivity index (χ0) is 17.8. The third-order valence-electron chi connectivity index (χ3n) is 3.52. The lowest BCUT2D eigenvalue weighted by Gasteiger charge is -2.18. The van der Waals surface area contributed by atoms with Crippen LogP contribution in [-0.4, -0.2) is 17.4 Å². The number of rotatable bonds is 5. The molecule has 0 aliphatic heterocycles. The summed E-state index contributed by atoms with van der Waals surface area (Å²) in [5, 5.41) is 3.29. The van der Waals surface area contributed by atoms with Crippen molar-refractivity contribution in [3.8, 4) is 11.3 Å². The molecule has 0 aliphatic carbocycles. The number of thiazole rings is 1. The number of aromatic nitrogens is 1. The zero-order valence-corrected chi connectivity index (χ0v) is 15.5. The van der Waals surface area contributed by atoms with Gasteiger partial charge in [0.2, 0.25) is 0 Å². The highest BCUT2D eigenvalue weighted by Gasteiger charge is 2.20. The number of nitrogens with zero attached hydrogens (tertiary/aromatic N) is 2. The van der Waals surface area contributed by atoms with Crippen molar-refractivity contribution in [2.45, 2.75) is 0 Å². The molecule has 3 aromatic rings. The number of carbonyl (C=O) groups excluding carboxylic acids is 1. The van der Waals surface area contributed by atoms with Gasteiger partial charge in [-0.2, -0.15) is 0 Å². The third kappa shape index (κ3) is 3.93. The van der Waals surface area contributed by atoms with E-state index in [9.17, 15) is 4.79 Å². The molecule has 6 heteroatoms. The average Bonchev–Trinajstić information content (AvgIpc) is 3.12. The topological polar surface area (TPSA) is 33.2 Å². The van der Waals surface area contributed by atoms with Gasteiger partial charge in [-0.25, -0.2) is 4.98 Å². The van der Waals surface area contributed by atoms with Gasteiger partial charge in [-0.3, -0.25) is 9.69 Å². The summed E-state index contributed by atoms with van der Waals surface area (Å²) in [6.45, 7) is 4.08. The van der Waals surface area contributed by atoms with E-state index >= 15 is 0 Å². The standard InChI is InChI=1S/C19H14Cl2N2OS/c1-2-10-23(18(24)14-8-9-15(20)16(21)11-14)19-22-17(12-25-19)13-6-4-3-5-7-13/h2-9,11-12H,1,10H2. The van der Waals surface area contributed by atoms with Crippen molar-refractivity contribution in [3.05, 3.63) is 82.2 Å². The van der Waals surface area contributed by atoms with Crippen molar-refractivity contribution in [2.24, 2.45) is 0 Å². The fraction of sp³-hybridized carbons (Fsp3) is 0.0526. The Hall–Kier alpha value is -2.14. The maximum Gasteiger partial charge on any atom is 0.260 e. The normalized spacial score (nSPS) is 10.5. The number of carbonyl (C=O) groups is 1. The highest BCUT2D eigenvalue weighted by molar-refractivity contribution is 7.14. The molecule has 0 saturated heterocycles. The number of amides is 1. The summed E-state index contributed by atoms with van der Waals surface area (Å²) in [5.74, 6) is -0.201.